The van der Waals surface area contributed by atoms with E-state index in [4.69, 9.17) is 19.2 Å². The van der Waals surface area contributed by atoms with E-state index in [0.717, 1.165) is 15.3 Å². The second-order valence-corrected chi connectivity index (χ2v) is 8.00. The Labute approximate surface area is 183 Å². The Hall–Kier alpha value is -3.33. The normalized spacial score (nSPS) is 13.9. The lowest BCUT2D eigenvalue weighted by Gasteiger charge is -2.34. The van der Waals surface area contributed by atoms with Crippen LogP contribution in [0.15, 0.2) is 36.4 Å². The van der Waals surface area contributed by atoms with Gasteiger partial charge in [0.1, 0.15) is 5.52 Å². The minimum absolute atomic E-state index is 0.0493. The molecule has 0 bridgehead atoms. The van der Waals surface area contributed by atoms with Gasteiger partial charge in [0, 0.05) is 31.7 Å². The molecule has 1 aliphatic heterocycles. The lowest BCUT2D eigenvalue weighted by molar-refractivity contribution is 0.0599. The van der Waals surface area contributed by atoms with Crippen molar-refractivity contribution in [2.75, 3.05) is 52.4 Å². The van der Waals surface area contributed by atoms with Gasteiger partial charge in [0.25, 0.3) is 5.91 Å². The van der Waals surface area contributed by atoms with Crippen molar-refractivity contribution in [3.05, 3.63) is 47.5 Å². The molecule has 0 radical (unpaired) electrons. The van der Waals surface area contributed by atoms with Gasteiger partial charge in [-0.15, -0.1) is 0 Å². The van der Waals surface area contributed by atoms with E-state index >= 15 is 0 Å². The molecule has 4 rings (SSSR count). The number of thiazole rings is 1. The average Bonchev–Trinajstić information content (AvgIpc) is 3.27. The number of piperazine rings is 1. The molecule has 0 saturated carbocycles. The quantitative estimate of drug-likeness (QED) is 0.563. The minimum Gasteiger partial charge on any atom is -0.493 e. The summed E-state index contributed by atoms with van der Waals surface area (Å²) in [5.74, 6) is 0.816. The fourth-order valence-corrected chi connectivity index (χ4v) is 4.60. The third kappa shape index (κ3) is 4.00. The Morgan fingerprint density at radius 1 is 0.903 bits per heavy atom. The number of rotatable bonds is 5. The van der Waals surface area contributed by atoms with Crippen molar-refractivity contribution in [2.45, 2.75) is 0 Å². The summed E-state index contributed by atoms with van der Waals surface area (Å²) in [6, 6.07) is 10.4. The van der Waals surface area contributed by atoms with Gasteiger partial charge < -0.3 is 24.0 Å². The first-order valence-electron chi connectivity index (χ1n) is 9.80. The van der Waals surface area contributed by atoms with Crippen LogP contribution in [0.2, 0.25) is 0 Å². The van der Waals surface area contributed by atoms with Crippen molar-refractivity contribution in [1.29, 1.82) is 0 Å². The average molecular weight is 442 g/mol. The molecule has 0 aliphatic carbocycles. The topological polar surface area (TPSA) is 81.2 Å². The number of hydrogen-bond acceptors (Lipinski definition) is 8. The molecule has 31 heavy (non-hydrogen) atoms. The summed E-state index contributed by atoms with van der Waals surface area (Å²) < 4.78 is 16.6. The number of carbonyl (C=O) groups is 2. The van der Waals surface area contributed by atoms with E-state index in [1.54, 1.807) is 49.8 Å². The second kappa shape index (κ2) is 8.81. The largest absolute Gasteiger partial charge is 0.493 e. The van der Waals surface area contributed by atoms with Crippen LogP contribution < -0.4 is 14.4 Å². The number of fused-ring (bicyclic) bond motifs is 1. The summed E-state index contributed by atoms with van der Waals surface area (Å²) in [5.41, 5.74) is 1.76. The molecule has 0 spiro atoms. The molecule has 162 valence electrons. The number of carbonyl (C=O) groups excluding carboxylic acids is 2. The Balaban J connectivity index is 1.45. The molecular weight excluding hydrogens is 418 g/mol. The molecule has 9 heteroatoms. The summed E-state index contributed by atoms with van der Waals surface area (Å²) >= 11 is 1.60. The predicted octanol–water partition coefficient (Wildman–Crippen LogP) is 3.06. The molecule has 1 fully saturated rings. The highest BCUT2D eigenvalue weighted by Crippen LogP contribution is 2.40. The third-order valence-corrected chi connectivity index (χ3v) is 6.36. The van der Waals surface area contributed by atoms with Crippen molar-refractivity contribution in [1.82, 2.24) is 9.88 Å². The molecule has 1 saturated heterocycles. The van der Waals surface area contributed by atoms with E-state index < -0.39 is 5.97 Å². The van der Waals surface area contributed by atoms with Crippen molar-refractivity contribution in [2.24, 2.45) is 0 Å². The number of ether oxygens (including phenoxy) is 3. The highest BCUT2D eigenvalue weighted by Gasteiger charge is 2.25. The van der Waals surface area contributed by atoms with Crippen LogP contribution in [-0.4, -0.2) is 69.3 Å². The van der Waals surface area contributed by atoms with Crippen LogP contribution in [0, 0.1) is 0 Å². The fraction of sp³-hybridized carbons (Fsp3) is 0.318. The maximum atomic E-state index is 12.8. The molecule has 1 aromatic heterocycles. The smallest absolute Gasteiger partial charge is 0.337 e. The number of aromatic nitrogens is 1. The van der Waals surface area contributed by atoms with Gasteiger partial charge in [-0.05, 0) is 36.4 Å². The summed E-state index contributed by atoms with van der Waals surface area (Å²) in [5, 5.41) is 0.899. The SMILES string of the molecule is COC(=O)c1ccc(C(=O)N2CCN(c3nc4c(OC)c(OC)ccc4s3)CC2)cc1. The highest BCUT2D eigenvalue weighted by molar-refractivity contribution is 7.22. The van der Waals surface area contributed by atoms with Gasteiger partial charge >= 0.3 is 5.97 Å². The first kappa shape index (κ1) is 20.9. The first-order chi connectivity index (χ1) is 15.0. The van der Waals surface area contributed by atoms with Crippen LogP contribution in [0.1, 0.15) is 20.7 Å². The van der Waals surface area contributed by atoms with Crippen molar-refractivity contribution < 1.29 is 23.8 Å². The van der Waals surface area contributed by atoms with E-state index in [0.29, 0.717) is 48.8 Å². The standard InChI is InChI=1S/C22H23N3O5S/c1-28-16-8-9-17-18(19(16)29-2)23-22(31-17)25-12-10-24(11-13-25)20(26)14-4-6-15(7-5-14)21(27)30-3/h4-9H,10-13H2,1-3H3. The number of nitrogens with zero attached hydrogens (tertiary/aromatic N) is 3. The van der Waals surface area contributed by atoms with E-state index in [1.165, 1.54) is 7.11 Å². The van der Waals surface area contributed by atoms with Gasteiger partial charge in [-0.25, -0.2) is 9.78 Å². The molecule has 2 aromatic carbocycles. The number of amides is 1. The highest BCUT2D eigenvalue weighted by atomic mass is 32.1. The minimum atomic E-state index is -0.419. The number of hydrogen-bond donors (Lipinski definition) is 0. The van der Waals surface area contributed by atoms with Crippen LogP contribution >= 0.6 is 11.3 Å². The summed E-state index contributed by atoms with van der Waals surface area (Å²) in [7, 11) is 4.55. The lowest BCUT2D eigenvalue weighted by Crippen LogP contribution is -2.48. The van der Waals surface area contributed by atoms with Crippen LogP contribution in [0.5, 0.6) is 11.5 Å². The number of esters is 1. The molecule has 8 nitrogen and oxygen atoms in total. The molecule has 3 aromatic rings. The van der Waals surface area contributed by atoms with Gasteiger partial charge in [0.05, 0.1) is 31.6 Å². The zero-order chi connectivity index (χ0) is 22.0. The van der Waals surface area contributed by atoms with Gasteiger partial charge in [-0.3, -0.25) is 4.79 Å². The molecule has 1 aliphatic rings. The van der Waals surface area contributed by atoms with Gasteiger partial charge in [0.2, 0.25) is 0 Å². The first-order valence-corrected chi connectivity index (χ1v) is 10.6. The van der Waals surface area contributed by atoms with Crippen molar-refractivity contribution in [3.8, 4) is 11.5 Å². The van der Waals surface area contributed by atoms with Crippen LogP contribution in [0.4, 0.5) is 5.13 Å². The van der Waals surface area contributed by atoms with Crippen LogP contribution in [0.3, 0.4) is 0 Å². The van der Waals surface area contributed by atoms with E-state index in [1.807, 2.05) is 17.0 Å². The zero-order valence-electron chi connectivity index (χ0n) is 17.6. The van der Waals surface area contributed by atoms with Crippen LogP contribution in [0.25, 0.3) is 10.2 Å². The summed E-state index contributed by atoms with van der Waals surface area (Å²) in [6.07, 6.45) is 0. The molecule has 0 unspecified atom stereocenters. The fourth-order valence-electron chi connectivity index (χ4n) is 3.58. The van der Waals surface area contributed by atoms with Gasteiger partial charge in [-0.2, -0.15) is 0 Å². The molecule has 1 amide bonds. The van der Waals surface area contributed by atoms with Crippen LogP contribution in [-0.2, 0) is 4.74 Å². The van der Waals surface area contributed by atoms with E-state index in [-0.39, 0.29) is 5.91 Å². The maximum Gasteiger partial charge on any atom is 0.337 e. The molecule has 0 atom stereocenters. The summed E-state index contributed by atoms with van der Waals surface area (Å²) in [4.78, 5) is 33.2. The third-order valence-electron chi connectivity index (χ3n) is 5.28. The van der Waals surface area contributed by atoms with Crippen molar-refractivity contribution in [3.63, 3.8) is 0 Å². The molecule has 0 N–H and O–H groups in total. The number of anilines is 1. The lowest BCUT2D eigenvalue weighted by atomic mass is 10.1. The van der Waals surface area contributed by atoms with E-state index in [9.17, 15) is 9.59 Å². The zero-order valence-corrected chi connectivity index (χ0v) is 18.4. The Morgan fingerprint density at radius 2 is 1.58 bits per heavy atom. The summed E-state index contributed by atoms with van der Waals surface area (Å²) in [6.45, 7) is 2.55. The van der Waals surface area contributed by atoms with Gasteiger partial charge in [-0.1, -0.05) is 11.3 Å². The molecule has 2 heterocycles. The monoisotopic (exact) mass is 441 g/mol. The maximum absolute atomic E-state index is 12.8. The Bertz CT molecular complexity index is 1100. The van der Waals surface area contributed by atoms with Crippen molar-refractivity contribution >= 4 is 38.6 Å². The second-order valence-electron chi connectivity index (χ2n) is 6.99. The van der Waals surface area contributed by atoms with Gasteiger partial charge in [0.15, 0.2) is 16.6 Å². The predicted molar refractivity (Wildman–Crippen MR) is 119 cm³/mol. The molecular formula is C22H23N3O5S. The number of benzene rings is 2. The Kier molecular flexibility index (Phi) is 5.94. The number of methoxy groups -OCH3 is 3. The Morgan fingerprint density at radius 3 is 2.19 bits per heavy atom. The van der Waals surface area contributed by atoms with E-state index in [2.05, 4.69) is 4.90 Å².